The van der Waals surface area contributed by atoms with E-state index in [1.165, 1.54) is 0 Å². The summed E-state index contributed by atoms with van der Waals surface area (Å²) < 4.78 is 1.14. The average Bonchev–Trinajstić information content (AvgIpc) is 2.58. The molecule has 1 fully saturated rings. The van der Waals surface area contributed by atoms with Gasteiger partial charge in [-0.2, -0.15) is 0 Å². The quantitative estimate of drug-likeness (QED) is 0.350. The number of halogens is 3. The number of nitrogens with one attached hydrogen (secondary N) is 1. The lowest BCUT2D eigenvalue weighted by Gasteiger charge is -2.44. The molecule has 1 heterocycles. The van der Waals surface area contributed by atoms with E-state index < -0.39 is 23.2 Å². The molecule has 0 unspecified atom stereocenters. The van der Waals surface area contributed by atoms with Gasteiger partial charge in [-0.15, -0.1) is 11.6 Å². The summed E-state index contributed by atoms with van der Waals surface area (Å²) in [5.41, 5.74) is 9.41. The van der Waals surface area contributed by atoms with Crippen molar-refractivity contribution in [1.82, 2.24) is 10.4 Å². The number of phenols is 1. The van der Waals surface area contributed by atoms with Crippen molar-refractivity contribution in [3.8, 4) is 5.75 Å². The van der Waals surface area contributed by atoms with Gasteiger partial charge in [0.2, 0.25) is 0 Å². The van der Waals surface area contributed by atoms with Gasteiger partial charge >= 0.3 is 0 Å². The molecule has 0 spiro atoms. The summed E-state index contributed by atoms with van der Waals surface area (Å²) in [6.45, 7) is 0. The lowest BCUT2D eigenvalue weighted by molar-refractivity contribution is -0.149. The summed E-state index contributed by atoms with van der Waals surface area (Å²) >= 11 is 12.7. The first-order valence-electron chi connectivity index (χ1n) is 7.11. The van der Waals surface area contributed by atoms with E-state index in [9.17, 15) is 14.7 Å². The SMILES string of the molecule is Nc1ccc(C(=O)NN2C(=O)[C@H](Cl)[C@H]2c2cc(Br)cc(Br)c2O)cc1. The summed E-state index contributed by atoms with van der Waals surface area (Å²) in [5, 5.41) is 10.5. The molecule has 1 aliphatic rings. The Labute approximate surface area is 165 Å². The van der Waals surface area contributed by atoms with Crippen molar-refractivity contribution in [3.05, 3.63) is 56.5 Å². The highest BCUT2D eigenvalue weighted by molar-refractivity contribution is 9.11. The van der Waals surface area contributed by atoms with Gasteiger partial charge in [0.25, 0.3) is 11.8 Å². The average molecular weight is 490 g/mol. The molecule has 2 atom stereocenters. The molecular formula is C16H12Br2ClN3O3. The number of amides is 2. The normalized spacial score (nSPS) is 19.5. The van der Waals surface area contributed by atoms with Crippen LogP contribution >= 0.6 is 43.5 Å². The molecule has 1 aliphatic heterocycles. The minimum atomic E-state index is -0.890. The first-order valence-corrected chi connectivity index (χ1v) is 9.13. The fourth-order valence-electron chi connectivity index (χ4n) is 2.49. The van der Waals surface area contributed by atoms with Crippen LogP contribution in [0.4, 0.5) is 5.69 Å². The lowest BCUT2D eigenvalue weighted by Crippen LogP contribution is -2.63. The molecule has 0 aromatic heterocycles. The minimum absolute atomic E-state index is 0.0434. The van der Waals surface area contributed by atoms with Crippen LogP contribution in [0.5, 0.6) is 5.75 Å². The Morgan fingerprint density at radius 3 is 2.52 bits per heavy atom. The summed E-state index contributed by atoms with van der Waals surface area (Å²) in [6.07, 6.45) is 0. The van der Waals surface area contributed by atoms with E-state index in [4.69, 9.17) is 17.3 Å². The Kier molecular flexibility index (Phi) is 4.95. The molecule has 3 rings (SSSR count). The van der Waals surface area contributed by atoms with E-state index in [-0.39, 0.29) is 5.75 Å². The fourth-order valence-corrected chi connectivity index (χ4v) is 4.11. The van der Waals surface area contributed by atoms with Crippen molar-refractivity contribution in [1.29, 1.82) is 0 Å². The second kappa shape index (κ2) is 6.86. The second-order valence-electron chi connectivity index (χ2n) is 5.44. The second-order valence-corrected chi connectivity index (χ2v) is 7.68. The van der Waals surface area contributed by atoms with Crippen LogP contribution in [0, 0.1) is 0 Å². The number of anilines is 1. The molecule has 2 aromatic rings. The number of hydrogen-bond acceptors (Lipinski definition) is 4. The molecule has 0 bridgehead atoms. The van der Waals surface area contributed by atoms with Crippen LogP contribution in [0.2, 0.25) is 0 Å². The topological polar surface area (TPSA) is 95.7 Å². The molecule has 130 valence electrons. The van der Waals surface area contributed by atoms with Gasteiger partial charge in [0.15, 0.2) is 0 Å². The van der Waals surface area contributed by atoms with Crippen molar-refractivity contribution < 1.29 is 14.7 Å². The van der Waals surface area contributed by atoms with Gasteiger partial charge in [-0.05, 0) is 52.3 Å². The van der Waals surface area contributed by atoms with Crippen LogP contribution < -0.4 is 11.2 Å². The maximum atomic E-state index is 12.3. The Morgan fingerprint density at radius 2 is 1.88 bits per heavy atom. The first kappa shape index (κ1) is 18.0. The number of carbonyl (C=O) groups is 2. The maximum absolute atomic E-state index is 12.3. The highest BCUT2D eigenvalue weighted by Gasteiger charge is 2.49. The first-order chi connectivity index (χ1) is 11.8. The minimum Gasteiger partial charge on any atom is -0.506 e. The predicted molar refractivity (Wildman–Crippen MR) is 101 cm³/mol. The zero-order chi connectivity index (χ0) is 18.3. The van der Waals surface area contributed by atoms with Crippen LogP contribution in [-0.2, 0) is 4.79 Å². The van der Waals surface area contributed by atoms with Crippen molar-refractivity contribution in [2.45, 2.75) is 11.4 Å². The Morgan fingerprint density at radius 1 is 1.24 bits per heavy atom. The zero-order valence-corrected chi connectivity index (χ0v) is 16.5. The molecule has 2 aromatic carbocycles. The van der Waals surface area contributed by atoms with Crippen molar-refractivity contribution in [2.24, 2.45) is 0 Å². The third kappa shape index (κ3) is 3.33. The van der Waals surface area contributed by atoms with Crippen LogP contribution in [0.1, 0.15) is 22.0 Å². The number of aromatic hydroxyl groups is 1. The standard InChI is InChI=1S/C16H12Br2ClN3O3/c17-8-5-10(14(23)11(18)6-8)13-12(19)16(25)22(13)21-15(24)7-1-3-9(20)4-2-7/h1-6,12-13,23H,20H2,(H,21,24)/t12-,13-/m1/s1. The summed E-state index contributed by atoms with van der Waals surface area (Å²) in [7, 11) is 0. The monoisotopic (exact) mass is 487 g/mol. The molecule has 9 heteroatoms. The van der Waals surface area contributed by atoms with Crippen LogP contribution in [0.3, 0.4) is 0 Å². The highest BCUT2D eigenvalue weighted by Crippen LogP contribution is 2.44. The zero-order valence-electron chi connectivity index (χ0n) is 12.5. The van der Waals surface area contributed by atoms with Crippen LogP contribution in [0.25, 0.3) is 0 Å². The van der Waals surface area contributed by atoms with Crippen LogP contribution in [0.15, 0.2) is 45.3 Å². The molecule has 0 radical (unpaired) electrons. The summed E-state index contributed by atoms with van der Waals surface area (Å²) in [5.74, 6) is -0.973. The lowest BCUT2D eigenvalue weighted by atomic mass is 9.94. The molecule has 6 nitrogen and oxygen atoms in total. The summed E-state index contributed by atoms with van der Waals surface area (Å²) in [6, 6.07) is 8.90. The van der Waals surface area contributed by atoms with E-state index in [1.54, 1.807) is 36.4 Å². The number of rotatable bonds is 3. The van der Waals surface area contributed by atoms with E-state index in [0.29, 0.717) is 25.8 Å². The van der Waals surface area contributed by atoms with Crippen LogP contribution in [-0.4, -0.2) is 27.3 Å². The van der Waals surface area contributed by atoms with Gasteiger partial charge in [0, 0.05) is 21.3 Å². The third-order valence-corrected chi connectivity index (χ3v) is 5.29. The number of β-lactam (4-membered cyclic amide) rings is 1. The molecule has 0 aliphatic carbocycles. The van der Waals surface area contributed by atoms with Gasteiger partial charge in [0.05, 0.1) is 4.47 Å². The van der Waals surface area contributed by atoms with Gasteiger partial charge in [0.1, 0.15) is 17.2 Å². The maximum Gasteiger partial charge on any atom is 0.269 e. The predicted octanol–water partition coefficient (Wildman–Crippen LogP) is 3.34. The fraction of sp³-hybridized carbons (Fsp3) is 0.125. The van der Waals surface area contributed by atoms with E-state index >= 15 is 0 Å². The number of phenolic OH excluding ortho intramolecular Hbond substituents is 1. The van der Waals surface area contributed by atoms with Crippen molar-refractivity contribution in [2.75, 3.05) is 5.73 Å². The molecule has 1 saturated heterocycles. The highest BCUT2D eigenvalue weighted by atomic mass is 79.9. The van der Waals surface area contributed by atoms with Gasteiger partial charge in [-0.1, -0.05) is 15.9 Å². The molecule has 25 heavy (non-hydrogen) atoms. The number of nitrogen functional groups attached to an aromatic ring is 1. The number of nitrogens with two attached hydrogens (primary N) is 1. The number of hydrogen-bond donors (Lipinski definition) is 3. The van der Waals surface area contributed by atoms with Crippen molar-refractivity contribution >= 4 is 61.0 Å². The Bertz CT molecular complexity index is 860. The van der Waals surface area contributed by atoms with E-state index in [1.807, 2.05) is 0 Å². The number of nitrogens with zero attached hydrogens (tertiary/aromatic N) is 1. The number of hydrazine groups is 1. The number of benzene rings is 2. The number of carbonyl (C=O) groups excluding carboxylic acids is 2. The molecule has 4 N–H and O–H groups in total. The van der Waals surface area contributed by atoms with Gasteiger partial charge in [-0.3, -0.25) is 15.0 Å². The van der Waals surface area contributed by atoms with E-state index in [0.717, 1.165) is 5.01 Å². The largest absolute Gasteiger partial charge is 0.506 e. The Balaban J connectivity index is 1.87. The molecular weight excluding hydrogens is 477 g/mol. The third-order valence-electron chi connectivity index (χ3n) is 3.80. The molecule has 0 saturated carbocycles. The van der Waals surface area contributed by atoms with Crippen molar-refractivity contribution in [3.63, 3.8) is 0 Å². The number of alkyl halides is 1. The smallest absolute Gasteiger partial charge is 0.269 e. The van der Waals surface area contributed by atoms with Gasteiger partial charge in [-0.25, -0.2) is 5.01 Å². The Hall–Kier alpha value is -1.77. The van der Waals surface area contributed by atoms with Gasteiger partial charge < -0.3 is 10.8 Å². The molecule has 2 amide bonds. The van der Waals surface area contributed by atoms with E-state index in [2.05, 4.69) is 37.3 Å². The summed E-state index contributed by atoms with van der Waals surface area (Å²) in [4.78, 5) is 24.4.